The standard InChI is InChI=1S/C4H12N3O3/c8-1-5-4(6-2-9)7-3-10/h5-10H,1-3H2. The highest BCUT2D eigenvalue weighted by atomic mass is 16.3. The van der Waals surface area contributed by atoms with Crippen LogP contribution in [0.1, 0.15) is 0 Å². The predicted octanol–water partition coefficient (Wildman–Crippen LogP) is -2.95. The van der Waals surface area contributed by atoms with Crippen molar-refractivity contribution >= 4 is 0 Å². The maximum atomic E-state index is 8.31. The molecule has 0 aromatic heterocycles. The van der Waals surface area contributed by atoms with Gasteiger partial charge in [0, 0.05) is 0 Å². The summed E-state index contributed by atoms with van der Waals surface area (Å²) < 4.78 is 0. The van der Waals surface area contributed by atoms with E-state index in [0.717, 1.165) is 0 Å². The second-order valence-corrected chi connectivity index (χ2v) is 1.38. The number of hydrogen-bond donors (Lipinski definition) is 6. The van der Waals surface area contributed by atoms with E-state index >= 15 is 0 Å². The third-order valence-electron chi connectivity index (χ3n) is 0.768. The summed E-state index contributed by atoms with van der Waals surface area (Å²) in [6.45, 7) is -0.806. The van der Waals surface area contributed by atoms with Gasteiger partial charge < -0.3 is 15.3 Å². The second-order valence-electron chi connectivity index (χ2n) is 1.38. The van der Waals surface area contributed by atoms with Gasteiger partial charge in [0.15, 0.2) is 6.29 Å². The fourth-order valence-corrected chi connectivity index (χ4v) is 0.425. The van der Waals surface area contributed by atoms with E-state index in [1.165, 1.54) is 0 Å². The molecule has 0 heterocycles. The van der Waals surface area contributed by atoms with E-state index in [9.17, 15) is 0 Å². The van der Waals surface area contributed by atoms with Crippen LogP contribution in [0.3, 0.4) is 0 Å². The van der Waals surface area contributed by atoms with Gasteiger partial charge in [-0.1, -0.05) is 0 Å². The first-order chi connectivity index (χ1) is 4.85. The minimum Gasteiger partial charge on any atom is -0.381 e. The molecule has 0 saturated heterocycles. The summed E-state index contributed by atoms with van der Waals surface area (Å²) in [5, 5.41) is 32.2. The molecule has 0 aliphatic carbocycles. The van der Waals surface area contributed by atoms with Crippen LogP contribution in [0.5, 0.6) is 0 Å². The van der Waals surface area contributed by atoms with Crippen molar-refractivity contribution in [3.05, 3.63) is 6.29 Å². The Balaban J connectivity index is 3.30. The van der Waals surface area contributed by atoms with E-state index < -0.39 is 0 Å². The zero-order valence-corrected chi connectivity index (χ0v) is 5.46. The van der Waals surface area contributed by atoms with Gasteiger partial charge in [0.25, 0.3) is 0 Å². The molecule has 0 bridgehead atoms. The van der Waals surface area contributed by atoms with Crippen LogP contribution in [-0.2, 0) is 0 Å². The summed E-state index contributed by atoms with van der Waals surface area (Å²) >= 11 is 0. The first-order valence-electron chi connectivity index (χ1n) is 2.76. The summed E-state index contributed by atoms with van der Waals surface area (Å²) in [7, 11) is 0. The van der Waals surface area contributed by atoms with Crippen LogP contribution in [0.25, 0.3) is 0 Å². The Morgan fingerprint density at radius 1 is 0.800 bits per heavy atom. The average Bonchev–Trinajstić information content (AvgIpc) is 1.90. The summed E-state index contributed by atoms with van der Waals surface area (Å²) in [5.41, 5.74) is 0. The largest absolute Gasteiger partial charge is 0.381 e. The predicted molar refractivity (Wildman–Crippen MR) is 33.9 cm³/mol. The maximum Gasteiger partial charge on any atom is 0.176 e. The van der Waals surface area contributed by atoms with Crippen LogP contribution >= 0.6 is 0 Å². The molecule has 0 fully saturated rings. The number of aliphatic hydroxyl groups excluding tert-OH is 3. The highest BCUT2D eigenvalue weighted by Crippen LogP contribution is 1.76. The monoisotopic (exact) mass is 150 g/mol. The summed E-state index contributed by atoms with van der Waals surface area (Å²) in [6.07, 6.45) is 0.285. The summed E-state index contributed by atoms with van der Waals surface area (Å²) in [4.78, 5) is 0. The Kier molecular flexibility index (Phi) is 6.71. The highest BCUT2D eigenvalue weighted by Gasteiger charge is 2.03. The summed E-state index contributed by atoms with van der Waals surface area (Å²) in [6, 6.07) is 0. The van der Waals surface area contributed by atoms with Crippen molar-refractivity contribution in [1.29, 1.82) is 0 Å². The third-order valence-corrected chi connectivity index (χ3v) is 0.768. The van der Waals surface area contributed by atoms with Crippen molar-refractivity contribution in [2.24, 2.45) is 0 Å². The van der Waals surface area contributed by atoms with Crippen LogP contribution in [0.2, 0.25) is 0 Å². The van der Waals surface area contributed by atoms with Gasteiger partial charge in [-0.15, -0.1) is 0 Å². The lowest BCUT2D eigenvalue weighted by Crippen LogP contribution is -2.45. The third kappa shape index (κ3) is 4.62. The molecule has 0 unspecified atom stereocenters. The number of aliphatic hydroxyl groups is 3. The normalized spacial score (nSPS) is 10.8. The van der Waals surface area contributed by atoms with Gasteiger partial charge in [0.1, 0.15) is 0 Å². The molecule has 0 atom stereocenters. The number of hydrogen-bond acceptors (Lipinski definition) is 6. The molecule has 6 N–H and O–H groups in total. The SMILES string of the molecule is OCN[C](NCO)NCO. The van der Waals surface area contributed by atoms with Crippen molar-refractivity contribution in [3.63, 3.8) is 0 Å². The van der Waals surface area contributed by atoms with Crippen molar-refractivity contribution < 1.29 is 15.3 Å². The number of nitrogens with one attached hydrogen (secondary N) is 3. The fraction of sp³-hybridized carbons (Fsp3) is 0.750. The number of rotatable bonds is 6. The van der Waals surface area contributed by atoms with Crippen LogP contribution in [0.4, 0.5) is 0 Å². The average molecular weight is 150 g/mol. The van der Waals surface area contributed by atoms with E-state index in [4.69, 9.17) is 15.3 Å². The smallest absolute Gasteiger partial charge is 0.176 e. The molecular formula is C4H12N3O3. The molecule has 61 valence electrons. The van der Waals surface area contributed by atoms with Crippen LogP contribution < -0.4 is 16.0 Å². The minimum absolute atomic E-state index is 0.269. The lowest BCUT2D eigenvalue weighted by molar-refractivity contribution is 0.188. The zero-order valence-electron chi connectivity index (χ0n) is 5.46. The van der Waals surface area contributed by atoms with Gasteiger partial charge in [-0.2, -0.15) is 0 Å². The van der Waals surface area contributed by atoms with E-state index in [1.807, 2.05) is 0 Å². The van der Waals surface area contributed by atoms with Gasteiger partial charge in [0.2, 0.25) is 0 Å². The Labute approximate surface area is 58.9 Å². The van der Waals surface area contributed by atoms with Gasteiger partial charge >= 0.3 is 0 Å². The van der Waals surface area contributed by atoms with Crippen LogP contribution in [-0.4, -0.2) is 35.5 Å². The molecule has 0 aromatic carbocycles. The molecular weight excluding hydrogens is 138 g/mol. The molecule has 0 aliphatic rings. The van der Waals surface area contributed by atoms with Crippen LogP contribution in [0.15, 0.2) is 0 Å². The molecule has 10 heavy (non-hydrogen) atoms. The molecule has 0 aliphatic heterocycles. The fourth-order valence-electron chi connectivity index (χ4n) is 0.425. The van der Waals surface area contributed by atoms with Gasteiger partial charge in [-0.3, -0.25) is 16.0 Å². The van der Waals surface area contributed by atoms with Gasteiger partial charge in [-0.05, 0) is 0 Å². The highest BCUT2D eigenvalue weighted by molar-refractivity contribution is 4.75. The molecule has 1 radical (unpaired) electrons. The molecule has 6 nitrogen and oxygen atoms in total. The Morgan fingerprint density at radius 2 is 1.10 bits per heavy atom. The molecule has 0 rings (SSSR count). The molecule has 0 amide bonds. The molecule has 0 aromatic rings. The second kappa shape index (κ2) is 6.87. The topological polar surface area (TPSA) is 96.8 Å². The molecule has 6 heteroatoms. The first kappa shape index (κ1) is 9.76. The van der Waals surface area contributed by atoms with E-state index in [-0.39, 0.29) is 26.5 Å². The summed E-state index contributed by atoms with van der Waals surface area (Å²) in [5.74, 6) is 0. The van der Waals surface area contributed by atoms with Crippen molar-refractivity contribution in [3.8, 4) is 0 Å². The zero-order chi connectivity index (χ0) is 7.82. The lowest BCUT2D eigenvalue weighted by atomic mass is 10.7. The Hall–Kier alpha value is -0.240. The molecule has 0 spiro atoms. The quantitative estimate of drug-likeness (QED) is 0.227. The van der Waals surface area contributed by atoms with E-state index in [1.54, 1.807) is 0 Å². The van der Waals surface area contributed by atoms with Crippen LogP contribution in [0, 0.1) is 6.29 Å². The maximum absolute atomic E-state index is 8.31. The van der Waals surface area contributed by atoms with E-state index in [2.05, 4.69) is 16.0 Å². The minimum atomic E-state index is -0.269. The Bertz CT molecular complexity index is 58.5. The van der Waals surface area contributed by atoms with Gasteiger partial charge in [-0.25, -0.2) is 0 Å². The van der Waals surface area contributed by atoms with Crippen molar-refractivity contribution in [2.75, 3.05) is 20.2 Å². The lowest BCUT2D eigenvalue weighted by Gasteiger charge is -2.15. The van der Waals surface area contributed by atoms with Gasteiger partial charge in [0.05, 0.1) is 20.2 Å². The Morgan fingerprint density at radius 3 is 1.30 bits per heavy atom. The van der Waals surface area contributed by atoms with Crippen molar-refractivity contribution in [1.82, 2.24) is 16.0 Å². The van der Waals surface area contributed by atoms with Crippen molar-refractivity contribution in [2.45, 2.75) is 0 Å². The first-order valence-corrected chi connectivity index (χ1v) is 2.76. The molecule has 0 saturated carbocycles. The van der Waals surface area contributed by atoms with E-state index in [0.29, 0.717) is 0 Å².